The van der Waals surface area contributed by atoms with Gasteiger partial charge in [0.2, 0.25) is 5.78 Å². The Bertz CT molecular complexity index is 1590. The van der Waals surface area contributed by atoms with Gasteiger partial charge in [-0.3, -0.25) is 19.3 Å². The number of aliphatic hydroxyl groups is 3. The Morgan fingerprint density at radius 3 is 2.36 bits per heavy atom. The molecule has 3 aliphatic rings. The number of methoxy groups -OCH3 is 1. The van der Waals surface area contributed by atoms with Gasteiger partial charge < -0.3 is 35.8 Å². The van der Waals surface area contributed by atoms with Gasteiger partial charge in [-0.05, 0) is 81.8 Å². The van der Waals surface area contributed by atoms with Crippen LogP contribution in [0, 0.1) is 11.8 Å². The first kappa shape index (κ1) is 29.3. The number of benzene rings is 2. The van der Waals surface area contributed by atoms with Crippen LogP contribution in [0.3, 0.4) is 0 Å². The maximum atomic E-state index is 14.1. The zero-order valence-electron chi connectivity index (χ0n) is 24.1. The Kier molecular flexibility index (Phi) is 7.16. The van der Waals surface area contributed by atoms with Crippen LogP contribution < -0.4 is 10.5 Å². The first-order valence-electron chi connectivity index (χ1n) is 13.6. The molecule has 2 aromatic carbocycles. The highest BCUT2D eigenvalue weighted by molar-refractivity contribution is 6.24. The number of nitrogens with zero attached hydrogens (tertiary/aromatic N) is 2. The van der Waals surface area contributed by atoms with Crippen LogP contribution in [0.1, 0.15) is 23.1 Å². The van der Waals surface area contributed by atoms with E-state index in [0.29, 0.717) is 23.4 Å². The van der Waals surface area contributed by atoms with Crippen molar-refractivity contribution in [3.8, 4) is 22.6 Å². The van der Waals surface area contributed by atoms with E-state index in [4.69, 9.17) is 10.5 Å². The quantitative estimate of drug-likeness (QED) is 0.318. The zero-order chi connectivity index (χ0) is 30.8. The van der Waals surface area contributed by atoms with Crippen LogP contribution in [0.5, 0.6) is 11.5 Å². The van der Waals surface area contributed by atoms with Gasteiger partial charge in [-0.1, -0.05) is 12.1 Å². The van der Waals surface area contributed by atoms with E-state index in [0.717, 1.165) is 11.1 Å². The number of aromatic hydroxyl groups is 1. The highest BCUT2D eigenvalue weighted by Crippen LogP contribution is 2.54. The molecule has 0 radical (unpaired) electrons. The third-order valence-electron chi connectivity index (χ3n) is 8.66. The van der Waals surface area contributed by atoms with Crippen molar-refractivity contribution in [1.82, 2.24) is 9.80 Å². The van der Waals surface area contributed by atoms with Gasteiger partial charge in [0.1, 0.15) is 28.6 Å². The number of fused-ring (bicyclic) bond motifs is 3. The molecule has 1 fully saturated rings. The average molecular weight is 578 g/mol. The second kappa shape index (κ2) is 10.3. The molecule has 0 saturated heterocycles. The SMILES string of the molecule is COc1ccc(CN(C)C)cc1-c1ccc(O)c2c1C[C@H]1C[C@@H]3[C@H](N(C)C)C(=O)C(C(N)=O)=C(O)[C@]3(O)C(=O)C1=C2O. The molecular formula is C31H35N3O8. The maximum Gasteiger partial charge on any atom is 0.255 e. The minimum Gasteiger partial charge on any atom is -0.508 e. The van der Waals surface area contributed by atoms with E-state index in [1.165, 1.54) is 11.0 Å². The summed E-state index contributed by atoms with van der Waals surface area (Å²) in [5.74, 6) is -6.27. The Labute approximate surface area is 243 Å². The standard InChI is InChI=1S/C31H35N3O8/c1-33(2)13-14-6-9-21(42-5)17(10-14)16-7-8-20(35)23-18(16)11-15-12-19-25(34(3)4)27(37)24(30(32)40)29(39)31(19,41)28(38)22(15)26(23)36/h6-10,15,19,25,35-36,39,41H,11-13H2,1-5H3,(H2,32,40)/t15-,19+,25-,31+/m0/s1. The molecule has 11 nitrogen and oxygen atoms in total. The van der Waals surface area contributed by atoms with E-state index < -0.39 is 58.0 Å². The highest BCUT2D eigenvalue weighted by atomic mass is 16.5. The molecule has 1 amide bonds. The van der Waals surface area contributed by atoms with Crippen LogP contribution in [0.2, 0.25) is 0 Å². The number of likely N-dealkylation sites (N-methyl/N-ethyl adjacent to an activating group) is 1. The number of amides is 1. The number of hydrogen-bond donors (Lipinski definition) is 5. The number of primary amides is 1. The fraction of sp³-hybridized carbons (Fsp3) is 0.387. The van der Waals surface area contributed by atoms with Crippen LogP contribution in [0.4, 0.5) is 0 Å². The molecule has 3 aliphatic carbocycles. The molecule has 5 rings (SSSR count). The van der Waals surface area contributed by atoms with E-state index >= 15 is 0 Å². The number of phenolic OH excluding ortho intramolecular Hbond substituents is 1. The first-order chi connectivity index (χ1) is 19.7. The summed E-state index contributed by atoms with van der Waals surface area (Å²) in [7, 11) is 8.59. The van der Waals surface area contributed by atoms with Crippen LogP contribution in [-0.4, -0.2) is 94.6 Å². The Morgan fingerprint density at radius 1 is 1.07 bits per heavy atom. The van der Waals surface area contributed by atoms with Crippen molar-refractivity contribution < 1.29 is 39.5 Å². The lowest BCUT2D eigenvalue weighted by Gasteiger charge is -2.50. The zero-order valence-corrected chi connectivity index (χ0v) is 24.1. The summed E-state index contributed by atoms with van der Waals surface area (Å²) in [5.41, 5.74) is 4.70. The Balaban J connectivity index is 1.73. The predicted octanol–water partition coefficient (Wildman–Crippen LogP) is 1.70. The van der Waals surface area contributed by atoms with Crippen molar-refractivity contribution in [1.29, 1.82) is 0 Å². The largest absolute Gasteiger partial charge is 0.508 e. The lowest BCUT2D eigenvalue weighted by atomic mass is 9.57. The molecule has 1 saturated carbocycles. The number of ketones is 2. The minimum atomic E-state index is -2.68. The molecule has 42 heavy (non-hydrogen) atoms. The summed E-state index contributed by atoms with van der Waals surface area (Å²) in [6, 6.07) is 7.77. The Hall–Kier alpha value is -4.19. The van der Waals surface area contributed by atoms with Crippen LogP contribution >= 0.6 is 0 Å². The number of carbonyl (C=O) groups is 3. The molecule has 222 valence electrons. The van der Waals surface area contributed by atoms with Gasteiger partial charge in [-0.2, -0.15) is 0 Å². The molecule has 2 aromatic rings. The Morgan fingerprint density at radius 2 is 1.76 bits per heavy atom. The number of Topliss-reactive ketones (excluding diaryl/α,β-unsaturated/α-hetero) is 2. The monoisotopic (exact) mass is 577 g/mol. The lowest BCUT2D eigenvalue weighted by Crippen LogP contribution is -2.65. The van der Waals surface area contributed by atoms with E-state index in [1.54, 1.807) is 27.3 Å². The lowest BCUT2D eigenvalue weighted by molar-refractivity contribution is -0.153. The number of ether oxygens (including phenoxy) is 1. The molecule has 0 heterocycles. The fourth-order valence-corrected chi connectivity index (χ4v) is 6.93. The number of hydrogen-bond acceptors (Lipinski definition) is 10. The molecule has 0 aliphatic heterocycles. The van der Waals surface area contributed by atoms with Crippen LogP contribution in [0.15, 0.2) is 47.2 Å². The molecule has 0 spiro atoms. The normalized spacial score (nSPS) is 25.5. The van der Waals surface area contributed by atoms with Crippen LogP contribution in [-0.2, 0) is 27.3 Å². The number of rotatable bonds is 6. The third kappa shape index (κ3) is 4.19. The predicted molar refractivity (Wildman–Crippen MR) is 154 cm³/mol. The highest BCUT2D eigenvalue weighted by Gasteiger charge is 2.64. The van der Waals surface area contributed by atoms with Gasteiger partial charge in [0.05, 0.1) is 18.7 Å². The molecular weight excluding hydrogens is 542 g/mol. The third-order valence-corrected chi connectivity index (χ3v) is 8.66. The molecule has 6 N–H and O–H groups in total. The van der Waals surface area contributed by atoms with E-state index in [1.807, 2.05) is 37.2 Å². The summed E-state index contributed by atoms with van der Waals surface area (Å²) in [6.07, 6.45) is 0.192. The van der Waals surface area contributed by atoms with Crippen molar-refractivity contribution in [3.05, 3.63) is 63.9 Å². The van der Waals surface area contributed by atoms with Gasteiger partial charge >= 0.3 is 0 Å². The van der Waals surface area contributed by atoms with Crippen molar-refractivity contribution >= 4 is 23.2 Å². The number of phenols is 1. The van der Waals surface area contributed by atoms with Gasteiger partial charge in [-0.15, -0.1) is 0 Å². The number of carbonyl (C=O) groups excluding carboxylic acids is 3. The molecule has 0 aromatic heterocycles. The second-order valence-electron chi connectivity index (χ2n) is 11.7. The molecule has 0 bridgehead atoms. The summed E-state index contributed by atoms with van der Waals surface area (Å²) in [6.45, 7) is 0.661. The van der Waals surface area contributed by atoms with Crippen LogP contribution in [0.25, 0.3) is 16.9 Å². The topological polar surface area (TPSA) is 174 Å². The summed E-state index contributed by atoms with van der Waals surface area (Å²) < 4.78 is 5.66. The van der Waals surface area contributed by atoms with Crippen molar-refractivity contribution in [2.75, 3.05) is 35.3 Å². The maximum absolute atomic E-state index is 14.1. The van der Waals surface area contributed by atoms with E-state index in [9.17, 15) is 34.8 Å². The minimum absolute atomic E-state index is 0.0126. The number of nitrogens with two attached hydrogens (primary N) is 1. The van der Waals surface area contributed by atoms with E-state index in [2.05, 4.69) is 0 Å². The van der Waals surface area contributed by atoms with Gasteiger partial charge in [0.25, 0.3) is 5.91 Å². The molecule has 0 unspecified atom stereocenters. The van der Waals surface area contributed by atoms with Gasteiger partial charge in [0, 0.05) is 23.6 Å². The smallest absolute Gasteiger partial charge is 0.255 e. The molecule has 4 atom stereocenters. The van der Waals surface area contributed by atoms with Crippen molar-refractivity contribution in [3.63, 3.8) is 0 Å². The van der Waals surface area contributed by atoms with E-state index in [-0.39, 0.29) is 29.7 Å². The summed E-state index contributed by atoms with van der Waals surface area (Å²) in [4.78, 5) is 43.0. The van der Waals surface area contributed by atoms with Gasteiger partial charge in [-0.25, -0.2) is 0 Å². The molecule has 11 heteroatoms. The van der Waals surface area contributed by atoms with Crippen molar-refractivity contribution in [2.24, 2.45) is 17.6 Å². The average Bonchev–Trinajstić information content (AvgIpc) is 2.90. The second-order valence-corrected chi connectivity index (χ2v) is 11.7. The van der Waals surface area contributed by atoms with Crippen molar-refractivity contribution in [2.45, 2.75) is 31.0 Å². The number of aliphatic hydroxyl groups excluding tert-OH is 2. The fourth-order valence-electron chi connectivity index (χ4n) is 6.93. The van der Waals surface area contributed by atoms with Gasteiger partial charge in [0.15, 0.2) is 11.4 Å². The summed E-state index contributed by atoms with van der Waals surface area (Å²) in [5, 5.41) is 45.3. The summed E-state index contributed by atoms with van der Waals surface area (Å²) >= 11 is 0. The first-order valence-corrected chi connectivity index (χ1v) is 13.6.